The third kappa shape index (κ3) is 3.84. The Morgan fingerprint density at radius 3 is 2.60 bits per heavy atom. The van der Waals surface area contributed by atoms with Gasteiger partial charge in [-0.3, -0.25) is 0 Å². The fourth-order valence-electron chi connectivity index (χ4n) is 1.72. The minimum atomic E-state index is -3.54. The monoisotopic (exact) mass is 301 g/mol. The molecule has 0 amide bonds. The summed E-state index contributed by atoms with van der Waals surface area (Å²) in [4.78, 5) is 0.117. The van der Waals surface area contributed by atoms with Crippen molar-refractivity contribution in [2.75, 3.05) is 38.9 Å². The van der Waals surface area contributed by atoms with Crippen LogP contribution in [0.2, 0.25) is 0 Å². The second-order valence-electron chi connectivity index (χ2n) is 4.83. The molecule has 20 heavy (non-hydrogen) atoms. The Bertz CT molecular complexity index is 544. The number of anilines is 2. The molecule has 6 nitrogen and oxygen atoms in total. The van der Waals surface area contributed by atoms with Crippen LogP contribution in [-0.4, -0.2) is 46.6 Å². The van der Waals surface area contributed by atoms with Crippen LogP contribution < -0.4 is 11.1 Å². The Morgan fingerprint density at radius 1 is 1.40 bits per heavy atom. The average molecular weight is 301 g/mol. The van der Waals surface area contributed by atoms with Crippen molar-refractivity contribution in [2.24, 2.45) is 0 Å². The van der Waals surface area contributed by atoms with E-state index in [2.05, 4.69) is 5.32 Å². The molecule has 7 heteroatoms. The molecule has 3 N–H and O–H groups in total. The topological polar surface area (TPSA) is 84.7 Å². The van der Waals surface area contributed by atoms with Gasteiger partial charge in [-0.25, -0.2) is 12.7 Å². The van der Waals surface area contributed by atoms with Gasteiger partial charge in [-0.05, 0) is 25.5 Å². The van der Waals surface area contributed by atoms with Crippen molar-refractivity contribution in [3.63, 3.8) is 0 Å². The maximum atomic E-state index is 12.2. The molecule has 0 heterocycles. The van der Waals surface area contributed by atoms with Crippen LogP contribution >= 0.6 is 0 Å². The molecular weight excluding hydrogens is 278 g/mol. The van der Waals surface area contributed by atoms with Gasteiger partial charge in [0.05, 0.1) is 11.4 Å². The highest BCUT2D eigenvalue weighted by Gasteiger charge is 2.21. The lowest BCUT2D eigenvalue weighted by molar-refractivity contribution is 0.191. The minimum absolute atomic E-state index is 0.117. The number of nitrogens with zero attached hydrogens (tertiary/aromatic N) is 1. The number of hydrogen-bond acceptors (Lipinski definition) is 5. The molecule has 0 aliphatic rings. The molecule has 0 radical (unpaired) electrons. The number of benzene rings is 1. The Kier molecular flexibility index (Phi) is 5.79. The van der Waals surface area contributed by atoms with Crippen molar-refractivity contribution in [3.05, 3.63) is 18.2 Å². The van der Waals surface area contributed by atoms with Crippen molar-refractivity contribution in [1.29, 1.82) is 0 Å². The van der Waals surface area contributed by atoms with E-state index in [1.54, 1.807) is 19.2 Å². The molecule has 0 saturated heterocycles. The van der Waals surface area contributed by atoms with Crippen molar-refractivity contribution >= 4 is 21.4 Å². The van der Waals surface area contributed by atoms with E-state index in [0.29, 0.717) is 12.3 Å². The molecule has 1 aromatic carbocycles. The molecule has 114 valence electrons. The molecule has 0 aliphatic heterocycles. The van der Waals surface area contributed by atoms with Gasteiger partial charge >= 0.3 is 0 Å². The number of rotatable bonds is 7. The van der Waals surface area contributed by atoms with Crippen LogP contribution in [-0.2, 0) is 14.8 Å². The van der Waals surface area contributed by atoms with Gasteiger partial charge in [0.2, 0.25) is 10.0 Å². The average Bonchev–Trinajstić information content (AvgIpc) is 2.38. The summed E-state index contributed by atoms with van der Waals surface area (Å²) in [6.45, 7) is 2.62. The quantitative estimate of drug-likeness (QED) is 0.743. The molecule has 0 bridgehead atoms. The first kappa shape index (κ1) is 16.7. The van der Waals surface area contributed by atoms with Crippen molar-refractivity contribution in [3.8, 4) is 0 Å². The summed E-state index contributed by atoms with van der Waals surface area (Å²) in [7, 11) is 1.07. The van der Waals surface area contributed by atoms with Crippen LogP contribution in [0.4, 0.5) is 11.4 Å². The van der Waals surface area contributed by atoms with E-state index in [4.69, 9.17) is 10.5 Å². The molecule has 0 aliphatic carbocycles. The number of nitrogens with two attached hydrogens (primary N) is 1. The highest BCUT2D eigenvalue weighted by molar-refractivity contribution is 7.89. The standard InChI is InChI=1S/C13H23N3O3S/c1-10(8-9-19-4)15-11-6-5-7-12(13(11)14)20(17,18)16(2)3/h5-7,10,15H,8-9,14H2,1-4H3. The molecule has 1 unspecified atom stereocenters. The van der Waals surface area contributed by atoms with Gasteiger partial charge in [0.1, 0.15) is 4.90 Å². The Hall–Kier alpha value is -1.31. The van der Waals surface area contributed by atoms with Crippen molar-refractivity contribution in [1.82, 2.24) is 4.31 Å². The van der Waals surface area contributed by atoms with E-state index in [1.807, 2.05) is 6.92 Å². The van der Waals surface area contributed by atoms with Gasteiger partial charge in [0.15, 0.2) is 0 Å². The molecule has 0 spiro atoms. The van der Waals surface area contributed by atoms with Crippen LogP contribution in [0.1, 0.15) is 13.3 Å². The van der Waals surface area contributed by atoms with Crippen LogP contribution in [0.15, 0.2) is 23.1 Å². The van der Waals surface area contributed by atoms with Crippen LogP contribution in [0.5, 0.6) is 0 Å². The predicted octanol–water partition coefficient (Wildman–Crippen LogP) is 1.36. The summed E-state index contributed by atoms with van der Waals surface area (Å²) in [5.74, 6) is 0. The fraction of sp³-hybridized carbons (Fsp3) is 0.538. The maximum absolute atomic E-state index is 12.2. The maximum Gasteiger partial charge on any atom is 0.244 e. The summed E-state index contributed by atoms with van der Waals surface area (Å²) in [6.07, 6.45) is 0.806. The lowest BCUT2D eigenvalue weighted by Gasteiger charge is -2.19. The molecule has 0 aromatic heterocycles. The lowest BCUT2D eigenvalue weighted by Crippen LogP contribution is -2.24. The summed E-state index contributed by atoms with van der Waals surface area (Å²) in [5.41, 5.74) is 6.85. The zero-order valence-electron chi connectivity index (χ0n) is 12.4. The van der Waals surface area contributed by atoms with Crippen molar-refractivity contribution in [2.45, 2.75) is 24.3 Å². The number of nitrogens with one attached hydrogen (secondary N) is 1. The normalized spacial score (nSPS) is 13.4. The van der Waals surface area contributed by atoms with E-state index in [-0.39, 0.29) is 16.6 Å². The fourth-order valence-corrected chi connectivity index (χ4v) is 2.76. The largest absolute Gasteiger partial charge is 0.396 e. The smallest absolute Gasteiger partial charge is 0.244 e. The molecular formula is C13H23N3O3S. The third-order valence-corrected chi connectivity index (χ3v) is 4.85. The van der Waals surface area contributed by atoms with Gasteiger partial charge in [-0.15, -0.1) is 0 Å². The van der Waals surface area contributed by atoms with Crippen LogP contribution in [0.25, 0.3) is 0 Å². The second kappa shape index (κ2) is 6.92. The molecule has 1 aromatic rings. The van der Waals surface area contributed by atoms with Gasteiger partial charge in [-0.2, -0.15) is 0 Å². The van der Waals surface area contributed by atoms with Gasteiger partial charge in [0, 0.05) is 33.9 Å². The summed E-state index contributed by atoms with van der Waals surface area (Å²) >= 11 is 0. The van der Waals surface area contributed by atoms with E-state index >= 15 is 0 Å². The van der Waals surface area contributed by atoms with E-state index in [9.17, 15) is 8.42 Å². The van der Waals surface area contributed by atoms with E-state index < -0.39 is 10.0 Å². The van der Waals surface area contributed by atoms with Gasteiger partial charge in [-0.1, -0.05) is 6.07 Å². The summed E-state index contributed by atoms with van der Waals surface area (Å²) in [5, 5.41) is 3.21. The first-order valence-corrected chi connectivity index (χ1v) is 7.81. The minimum Gasteiger partial charge on any atom is -0.396 e. The molecule has 1 rings (SSSR count). The number of sulfonamides is 1. The zero-order chi connectivity index (χ0) is 15.3. The van der Waals surface area contributed by atoms with Crippen molar-refractivity contribution < 1.29 is 13.2 Å². The summed E-state index contributed by atoms with van der Waals surface area (Å²) in [6, 6.07) is 5.09. The highest BCUT2D eigenvalue weighted by Crippen LogP contribution is 2.28. The van der Waals surface area contributed by atoms with E-state index in [1.165, 1.54) is 20.2 Å². The second-order valence-corrected chi connectivity index (χ2v) is 6.95. The number of methoxy groups -OCH3 is 1. The van der Waals surface area contributed by atoms with Crippen LogP contribution in [0.3, 0.4) is 0 Å². The third-order valence-electron chi connectivity index (χ3n) is 2.98. The zero-order valence-corrected chi connectivity index (χ0v) is 13.2. The summed E-state index contributed by atoms with van der Waals surface area (Å²) < 4.78 is 30.5. The Labute approximate surface area is 121 Å². The molecule has 0 saturated carbocycles. The van der Waals surface area contributed by atoms with E-state index in [0.717, 1.165) is 10.7 Å². The molecule has 1 atom stereocenters. The first-order valence-electron chi connectivity index (χ1n) is 6.37. The number of ether oxygens (including phenoxy) is 1. The van der Waals surface area contributed by atoms with Gasteiger partial charge in [0.25, 0.3) is 0 Å². The van der Waals surface area contributed by atoms with Gasteiger partial charge < -0.3 is 15.8 Å². The number of para-hydroxylation sites is 1. The molecule has 0 fully saturated rings. The number of hydrogen-bond donors (Lipinski definition) is 2. The first-order chi connectivity index (χ1) is 9.30. The predicted molar refractivity (Wildman–Crippen MR) is 81.3 cm³/mol. The Balaban J connectivity index is 3.02. The lowest BCUT2D eigenvalue weighted by atomic mass is 10.2. The highest BCUT2D eigenvalue weighted by atomic mass is 32.2. The SMILES string of the molecule is COCCC(C)Nc1cccc(S(=O)(=O)N(C)C)c1N. The Morgan fingerprint density at radius 2 is 2.05 bits per heavy atom. The number of nitrogen functional groups attached to an aromatic ring is 1. The van der Waals surface area contributed by atoms with Crippen LogP contribution in [0, 0.1) is 0 Å².